The molecule has 1 aromatic carbocycles. The van der Waals surface area contributed by atoms with Gasteiger partial charge in [0.25, 0.3) is 0 Å². The Kier molecular flexibility index (Phi) is 4.62. The van der Waals surface area contributed by atoms with Crippen molar-refractivity contribution in [2.45, 2.75) is 31.7 Å². The third-order valence-corrected chi connectivity index (χ3v) is 6.42. The van der Waals surface area contributed by atoms with E-state index in [9.17, 15) is 9.59 Å². The van der Waals surface area contributed by atoms with E-state index in [0.717, 1.165) is 11.3 Å². The molecule has 8 nitrogen and oxygen atoms in total. The summed E-state index contributed by atoms with van der Waals surface area (Å²) in [5.74, 6) is 0.238. The summed E-state index contributed by atoms with van der Waals surface area (Å²) in [6.07, 6.45) is 3.52. The summed E-state index contributed by atoms with van der Waals surface area (Å²) in [5, 5.41) is 3.97. The van der Waals surface area contributed by atoms with Gasteiger partial charge in [0.2, 0.25) is 11.8 Å². The minimum absolute atomic E-state index is 0.0429. The summed E-state index contributed by atoms with van der Waals surface area (Å²) in [4.78, 5) is 30.1. The van der Waals surface area contributed by atoms with E-state index in [1.165, 1.54) is 0 Å². The third kappa shape index (κ3) is 3.22. The van der Waals surface area contributed by atoms with E-state index in [0.29, 0.717) is 31.1 Å². The molecule has 4 atom stereocenters. The van der Waals surface area contributed by atoms with Crippen LogP contribution in [0, 0.1) is 18.8 Å². The number of nitrogens with zero attached hydrogens (tertiary/aromatic N) is 3. The van der Waals surface area contributed by atoms with Crippen LogP contribution in [0.15, 0.2) is 47.0 Å². The van der Waals surface area contributed by atoms with Crippen molar-refractivity contribution < 1.29 is 23.6 Å². The van der Waals surface area contributed by atoms with Crippen LogP contribution in [0.5, 0.6) is 5.75 Å². The maximum atomic E-state index is 13.4. The lowest BCUT2D eigenvalue weighted by Crippen LogP contribution is -2.44. The van der Waals surface area contributed by atoms with Crippen molar-refractivity contribution in [3.05, 3.63) is 59.5 Å². The summed E-state index contributed by atoms with van der Waals surface area (Å²) in [7, 11) is 3.34. The monoisotopic (exact) mass is 423 g/mol. The molecule has 5 rings (SSSR count). The molecule has 1 aromatic heterocycles. The van der Waals surface area contributed by atoms with Gasteiger partial charge in [-0.1, -0.05) is 29.4 Å². The lowest BCUT2D eigenvalue weighted by molar-refractivity contribution is -0.143. The SMILES string of the molecule is COc1cccc(CN2C[C@@]34C=C[C@@H](O3)C(C(=O)N(C)Cc3cc(C)on3)C4C2=O)c1. The third-order valence-electron chi connectivity index (χ3n) is 6.42. The summed E-state index contributed by atoms with van der Waals surface area (Å²) in [6.45, 7) is 3.02. The number of amides is 2. The van der Waals surface area contributed by atoms with Crippen molar-refractivity contribution in [1.29, 1.82) is 0 Å². The molecule has 2 aromatic rings. The van der Waals surface area contributed by atoms with E-state index < -0.39 is 17.4 Å². The molecule has 3 aliphatic heterocycles. The fourth-order valence-electron chi connectivity index (χ4n) is 5.05. The van der Waals surface area contributed by atoms with Gasteiger partial charge in [0.1, 0.15) is 22.8 Å². The van der Waals surface area contributed by atoms with Gasteiger partial charge in [-0.05, 0) is 24.6 Å². The molecule has 3 aliphatic rings. The van der Waals surface area contributed by atoms with Crippen LogP contribution in [0.25, 0.3) is 0 Å². The number of hydrogen-bond donors (Lipinski definition) is 0. The normalized spacial score (nSPS) is 28.3. The topological polar surface area (TPSA) is 85.1 Å². The number of carbonyl (C=O) groups is 2. The first-order chi connectivity index (χ1) is 14.9. The molecule has 2 amide bonds. The van der Waals surface area contributed by atoms with E-state index in [1.54, 1.807) is 30.0 Å². The first-order valence-corrected chi connectivity index (χ1v) is 10.4. The number of hydrogen-bond acceptors (Lipinski definition) is 6. The molecule has 1 spiro atoms. The highest BCUT2D eigenvalue weighted by Gasteiger charge is 2.67. The largest absolute Gasteiger partial charge is 0.497 e. The highest BCUT2D eigenvalue weighted by Crippen LogP contribution is 2.52. The molecule has 162 valence electrons. The second-order valence-electron chi connectivity index (χ2n) is 8.57. The number of aromatic nitrogens is 1. The number of benzene rings is 1. The Balaban J connectivity index is 1.35. The number of carbonyl (C=O) groups excluding carboxylic acids is 2. The molecule has 2 fully saturated rings. The zero-order valence-corrected chi connectivity index (χ0v) is 17.8. The van der Waals surface area contributed by atoms with Crippen molar-refractivity contribution in [1.82, 2.24) is 15.0 Å². The van der Waals surface area contributed by atoms with Gasteiger partial charge in [0.05, 0.1) is 38.1 Å². The summed E-state index contributed by atoms with van der Waals surface area (Å²) in [6, 6.07) is 9.47. The van der Waals surface area contributed by atoms with E-state index >= 15 is 0 Å². The van der Waals surface area contributed by atoms with Gasteiger partial charge < -0.3 is 23.8 Å². The van der Waals surface area contributed by atoms with Gasteiger partial charge in [-0.2, -0.15) is 0 Å². The van der Waals surface area contributed by atoms with E-state index in [2.05, 4.69) is 5.16 Å². The van der Waals surface area contributed by atoms with Crippen LogP contribution in [0.3, 0.4) is 0 Å². The van der Waals surface area contributed by atoms with Crippen molar-refractivity contribution in [3.8, 4) is 5.75 Å². The van der Waals surface area contributed by atoms with E-state index in [4.69, 9.17) is 14.0 Å². The van der Waals surface area contributed by atoms with Gasteiger partial charge in [0.15, 0.2) is 0 Å². The molecule has 31 heavy (non-hydrogen) atoms. The number of aryl methyl sites for hydroxylation is 1. The van der Waals surface area contributed by atoms with Crippen LogP contribution in [0.2, 0.25) is 0 Å². The van der Waals surface area contributed by atoms with Crippen LogP contribution < -0.4 is 4.74 Å². The van der Waals surface area contributed by atoms with Gasteiger partial charge in [-0.15, -0.1) is 0 Å². The molecule has 0 saturated carbocycles. The Morgan fingerprint density at radius 2 is 2.23 bits per heavy atom. The van der Waals surface area contributed by atoms with Crippen molar-refractivity contribution in [3.63, 3.8) is 0 Å². The number of methoxy groups -OCH3 is 1. The average molecular weight is 423 g/mol. The predicted octanol–water partition coefficient (Wildman–Crippen LogP) is 1.93. The maximum Gasteiger partial charge on any atom is 0.230 e. The standard InChI is InChI=1S/C23H25N3O5/c1-14-9-16(24-31-14)12-25(2)21(27)19-18-7-8-23(30-18)13-26(22(28)20(19)23)11-15-5-4-6-17(10-15)29-3/h4-10,18-20H,11-13H2,1-3H3/t18-,19?,20?,23-/m1/s1. The van der Waals surface area contributed by atoms with E-state index in [-0.39, 0.29) is 17.9 Å². The lowest BCUT2D eigenvalue weighted by Gasteiger charge is -2.27. The van der Waals surface area contributed by atoms with Crippen molar-refractivity contribution in [2.75, 3.05) is 20.7 Å². The van der Waals surface area contributed by atoms with Crippen LogP contribution >= 0.6 is 0 Å². The molecule has 0 radical (unpaired) electrons. The Labute approximate surface area is 180 Å². The van der Waals surface area contributed by atoms with Gasteiger partial charge >= 0.3 is 0 Å². The Morgan fingerprint density at radius 1 is 1.39 bits per heavy atom. The smallest absolute Gasteiger partial charge is 0.230 e. The lowest BCUT2D eigenvalue weighted by atomic mass is 9.76. The molecule has 4 heterocycles. The Bertz CT molecular complexity index is 1060. The quantitative estimate of drug-likeness (QED) is 0.660. The van der Waals surface area contributed by atoms with E-state index in [1.807, 2.05) is 43.3 Å². The van der Waals surface area contributed by atoms with Crippen molar-refractivity contribution >= 4 is 11.8 Å². The van der Waals surface area contributed by atoms with Crippen LogP contribution in [0.1, 0.15) is 17.0 Å². The number of likely N-dealkylation sites (tertiary alicyclic amines) is 1. The van der Waals surface area contributed by atoms with Crippen LogP contribution in [-0.2, 0) is 27.4 Å². The molecule has 2 unspecified atom stereocenters. The highest BCUT2D eigenvalue weighted by molar-refractivity contribution is 5.93. The zero-order chi connectivity index (χ0) is 21.8. The van der Waals surface area contributed by atoms with Gasteiger partial charge in [0, 0.05) is 19.7 Å². The first-order valence-electron chi connectivity index (χ1n) is 10.4. The zero-order valence-electron chi connectivity index (χ0n) is 17.8. The molecule has 2 bridgehead atoms. The number of ether oxygens (including phenoxy) is 2. The van der Waals surface area contributed by atoms with Gasteiger partial charge in [-0.25, -0.2) is 0 Å². The second kappa shape index (κ2) is 7.23. The molecule has 8 heteroatoms. The minimum Gasteiger partial charge on any atom is -0.497 e. The minimum atomic E-state index is -0.730. The average Bonchev–Trinajstić information content (AvgIpc) is 3.50. The first kappa shape index (κ1) is 19.8. The predicted molar refractivity (Wildman–Crippen MR) is 110 cm³/mol. The Morgan fingerprint density at radius 3 is 2.97 bits per heavy atom. The second-order valence-corrected chi connectivity index (χ2v) is 8.57. The van der Waals surface area contributed by atoms with Crippen LogP contribution in [-0.4, -0.2) is 59.2 Å². The summed E-state index contributed by atoms with van der Waals surface area (Å²) < 4.78 is 16.6. The molecule has 0 aliphatic carbocycles. The number of rotatable bonds is 6. The molecule has 0 N–H and O–H groups in total. The van der Waals surface area contributed by atoms with Crippen molar-refractivity contribution in [2.24, 2.45) is 11.8 Å². The highest BCUT2D eigenvalue weighted by atomic mass is 16.5. The van der Waals surface area contributed by atoms with Gasteiger partial charge in [-0.3, -0.25) is 9.59 Å². The fraction of sp³-hybridized carbons (Fsp3) is 0.435. The molecular formula is C23H25N3O5. The van der Waals surface area contributed by atoms with Crippen LogP contribution in [0.4, 0.5) is 0 Å². The fourth-order valence-corrected chi connectivity index (χ4v) is 5.05. The summed E-state index contributed by atoms with van der Waals surface area (Å²) >= 11 is 0. The number of fused-ring (bicyclic) bond motifs is 1. The molecule has 2 saturated heterocycles. The maximum absolute atomic E-state index is 13.4. The Hall–Kier alpha value is -3.13. The molecular weight excluding hydrogens is 398 g/mol. The summed E-state index contributed by atoms with van der Waals surface area (Å²) in [5.41, 5.74) is 0.927.